The number of carbonyl (C=O) groups is 6. The number of ether oxygens (including phenoxy) is 2. The summed E-state index contributed by atoms with van der Waals surface area (Å²) in [7, 11) is 8.14. The van der Waals surface area contributed by atoms with Gasteiger partial charge in [0.2, 0.25) is 27.7 Å². The highest BCUT2D eigenvalue weighted by atomic mass is 32.2. The number of sulfonamides is 1. The van der Waals surface area contributed by atoms with Crippen LogP contribution in [0.2, 0.25) is 0 Å². The highest BCUT2D eigenvalue weighted by molar-refractivity contribution is 7.90. The molecular formula is C49H76N10O10S. The maximum atomic E-state index is 14.5. The van der Waals surface area contributed by atoms with E-state index < -0.39 is 75.7 Å². The average Bonchev–Trinajstić information content (AvgIpc) is 4.06. The lowest BCUT2D eigenvalue weighted by Gasteiger charge is -2.40. The Kier molecular flexibility index (Phi) is 21.2. The minimum atomic E-state index is -4.17. The minimum absolute atomic E-state index is 0.0245. The summed E-state index contributed by atoms with van der Waals surface area (Å²) in [5, 5.41) is 7.94. The van der Waals surface area contributed by atoms with Crippen LogP contribution in [0.15, 0.2) is 53.7 Å². The van der Waals surface area contributed by atoms with E-state index in [1.54, 1.807) is 55.1 Å². The number of likely N-dealkylation sites (tertiary alicyclic amines) is 1. The van der Waals surface area contributed by atoms with E-state index in [9.17, 15) is 37.2 Å². The Hall–Kier alpha value is -5.54. The van der Waals surface area contributed by atoms with Crippen LogP contribution >= 0.6 is 0 Å². The van der Waals surface area contributed by atoms with E-state index in [1.165, 1.54) is 30.1 Å². The molecule has 0 bridgehead atoms. The number of hydrogen-bond acceptors (Lipinski definition) is 13. The molecule has 1 N–H and O–H groups in total. The standard InChI is InChI=1S/C49H76N10O10S/c1-13-33(4)45(56(10)48(65)44(32(2)3)50-49(54(6)7)55(8)9)40(68-11)29-43(63)58-25-17-21-38(58)46(69-12)34(5)39(60)28-36(27-35-19-15-14-16-20-35)47(64)52-70(66,67)26-18-24-57-30-37(51-53-57)31-59-41(61)22-23-42(59)62/h14-16,19-20,22-23,30,32-34,36,38,40,44-46H,13,17-18,21,24-29,31H2,1-12H3,(H,52,64)/t33-,34-,36+,38-,40+,44?,45?,46+/m0/s1. The van der Waals surface area contributed by atoms with Gasteiger partial charge in [-0.3, -0.25) is 43.1 Å². The van der Waals surface area contributed by atoms with Crippen LogP contribution in [0.25, 0.3) is 0 Å². The number of aryl methyl sites for hydroxylation is 1. The van der Waals surface area contributed by atoms with Crippen LogP contribution in [0, 0.1) is 23.7 Å². The Morgan fingerprint density at radius 3 is 2.14 bits per heavy atom. The lowest BCUT2D eigenvalue weighted by atomic mass is 9.85. The largest absolute Gasteiger partial charge is 0.379 e. The summed E-state index contributed by atoms with van der Waals surface area (Å²) in [6.45, 7) is 10.2. The SMILES string of the molecule is CC[C@H](C)C([C@@H](CC(=O)N1CCC[C@H]1[C@H](OC)[C@@H](C)C(=O)C[C@@H](Cc1ccccc1)C(=O)NS(=O)(=O)CCCn1cc(CN2C(=O)C=CC2=O)nn1)OC)N(C)C(=O)C(N=C(N(C)C)N(C)C)C(C)C. The van der Waals surface area contributed by atoms with Crippen LogP contribution < -0.4 is 4.72 Å². The molecule has 2 aromatic rings. The summed E-state index contributed by atoms with van der Waals surface area (Å²) in [6.07, 6.45) is 4.24. The van der Waals surface area contributed by atoms with E-state index in [-0.39, 0.29) is 68.2 Å². The number of Topliss-reactive ketones (excluding diaryl/α,β-unsaturated/α-hetero) is 1. The number of nitrogens with zero attached hydrogens (tertiary/aromatic N) is 9. The van der Waals surface area contributed by atoms with Gasteiger partial charge in [0, 0.05) is 93.0 Å². The first-order chi connectivity index (χ1) is 33.0. The van der Waals surface area contributed by atoms with Crippen molar-refractivity contribution < 1.29 is 46.7 Å². The summed E-state index contributed by atoms with van der Waals surface area (Å²) in [5.41, 5.74) is 1.08. The predicted molar refractivity (Wildman–Crippen MR) is 264 cm³/mol. The fraction of sp³-hybridized carbons (Fsp3) is 0.653. The van der Waals surface area contributed by atoms with E-state index in [0.29, 0.717) is 31.0 Å². The molecule has 8 atom stereocenters. The molecule has 2 aliphatic rings. The third-order valence-corrected chi connectivity index (χ3v) is 14.6. The fourth-order valence-electron chi connectivity index (χ4n) is 9.35. The second kappa shape index (κ2) is 26.1. The average molecular weight is 997 g/mol. The number of guanidine groups is 1. The number of methoxy groups -OCH3 is 2. The molecular weight excluding hydrogens is 921 g/mol. The van der Waals surface area contributed by atoms with Gasteiger partial charge in [0.15, 0.2) is 5.96 Å². The molecule has 0 spiro atoms. The molecule has 2 aliphatic heterocycles. The Morgan fingerprint density at radius 2 is 1.57 bits per heavy atom. The zero-order valence-electron chi connectivity index (χ0n) is 43.1. The molecule has 0 aliphatic carbocycles. The normalized spacial score (nSPS) is 18.0. The van der Waals surface area contributed by atoms with Crippen LogP contribution in [0.3, 0.4) is 0 Å². The Balaban J connectivity index is 1.45. The van der Waals surface area contributed by atoms with Gasteiger partial charge in [-0.05, 0) is 43.1 Å². The Bertz CT molecular complexity index is 2260. The van der Waals surface area contributed by atoms with Gasteiger partial charge in [-0.15, -0.1) is 5.10 Å². The van der Waals surface area contributed by atoms with Crippen molar-refractivity contribution in [2.45, 2.75) is 123 Å². The summed E-state index contributed by atoms with van der Waals surface area (Å²) < 4.78 is 42.3. The Labute approximate surface area is 414 Å². The molecule has 0 radical (unpaired) electrons. The van der Waals surface area contributed by atoms with Gasteiger partial charge in [-0.2, -0.15) is 0 Å². The highest BCUT2D eigenvalue weighted by Crippen LogP contribution is 2.31. The summed E-state index contributed by atoms with van der Waals surface area (Å²) >= 11 is 0. The second-order valence-electron chi connectivity index (χ2n) is 19.3. The fourth-order valence-corrected chi connectivity index (χ4v) is 10.4. The molecule has 5 amide bonds. The molecule has 1 fully saturated rings. The number of benzene rings is 1. The van der Waals surface area contributed by atoms with Gasteiger partial charge < -0.3 is 29.1 Å². The number of aromatic nitrogens is 3. The third kappa shape index (κ3) is 15.2. The molecule has 388 valence electrons. The summed E-state index contributed by atoms with van der Waals surface area (Å²) in [4.78, 5) is 93.9. The molecule has 1 aromatic heterocycles. The van der Waals surface area contributed by atoms with Gasteiger partial charge in [-0.1, -0.05) is 76.6 Å². The van der Waals surface area contributed by atoms with Crippen molar-refractivity contribution in [3.63, 3.8) is 0 Å². The number of imide groups is 1. The van der Waals surface area contributed by atoms with Crippen molar-refractivity contribution in [1.29, 1.82) is 0 Å². The van der Waals surface area contributed by atoms with Crippen LogP contribution in [-0.2, 0) is 67.8 Å². The van der Waals surface area contributed by atoms with Gasteiger partial charge in [0.25, 0.3) is 11.8 Å². The summed E-state index contributed by atoms with van der Waals surface area (Å²) in [6, 6.07) is 7.39. The minimum Gasteiger partial charge on any atom is -0.379 e. The van der Waals surface area contributed by atoms with Crippen molar-refractivity contribution in [2.24, 2.45) is 28.7 Å². The van der Waals surface area contributed by atoms with E-state index >= 15 is 0 Å². The van der Waals surface area contributed by atoms with E-state index in [4.69, 9.17) is 14.5 Å². The quantitative estimate of drug-likeness (QED) is 0.0813. The number of carbonyl (C=O) groups excluding carboxylic acids is 6. The number of amides is 5. The Morgan fingerprint density at radius 1 is 0.929 bits per heavy atom. The smallest absolute Gasteiger partial charge is 0.253 e. The van der Waals surface area contributed by atoms with Crippen LogP contribution in [0.1, 0.15) is 84.4 Å². The third-order valence-electron chi connectivity index (χ3n) is 13.3. The number of nitrogens with one attached hydrogen (secondary N) is 1. The number of ketones is 1. The molecule has 3 heterocycles. The zero-order chi connectivity index (χ0) is 52.0. The summed E-state index contributed by atoms with van der Waals surface area (Å²) in [5.74, 6) is -4.22. The lowest BCUT2D eigenvalue weighted by Crippen LogP contribution is -2.55. The van der Waals surface area contributed by atoms with Crippen molar-refractivity contribution in [1.82, 2.24) is 44.2 Å². The van der Waals surface area contributed by atoms with E-state index in [2.05, 4.69) is 15.0 Å². The zero-order valence-corrected chi connectivity index (χ0v) is 43.9. The highest BCUT2D eigenvalue weighted by Gasteiger charge is 2.43. The molecule has 70 heavy (non-hydrogen) atoms. The van der Waals surface area contributed by atoms with Crippen molar-refractivity contribution >= 4 is 51.3 Å². The van der Waals surface area contributed by atoms with Gasteiger partial charge in [0.05, 0.1) is 49.2 Å². The monoisotopic (exact) mass is 997 g/mol. The second-order valence-corrected chi connectivity index (χ2v) is 21.1. The first-order valence-corrected chi connectivity index (χ1v) is 25.8. The molecule has 21 heteroatoms. The van der Waals surface area contributed by atoms with Crippen molar-refractivity contribution in [3.8, 4) is 0 Å². The molecule has 1 aromatic carbocycles. The first-order valence-electron chi connectivity index (χ1n) is 24.1. The lowest BCUT2D eigenvalue weighted by molar-refractivity contribution is -0.146. The van der Waals surface area contributed by atoms with Gasteiger partial charge >= 0.3 is 0 Å². The topological polar surface area (TPSA) is 226 Å². The molecule has 2 unspecified atom stereocenters. The number of hydrogen-bond donors (Lipinski definition) is 1. The molecule has 0 saturated carbocycles. The van der Waals surface area contributed by atoms with Crippen LogP contribution in [0.4, 0.5) is 0 Å². The van der Waals surface area contributed by atoms with E-state index in [1.807, 2.05) is 71.8 Å². The number of rotatable bonds is 26. The van der Waals surface area contributed by atoms with Crippen LogP contribution in [0.5, 0.6) is 0 Å². The molecule has 4 rings (SSSR count). The molecule has 1 saturated heterocycles. The molecule has 20 nitrogen and oxygen atoms in total. The van der Waals surface area contributed by atoms with Crippen molar-refractivity contribution in [2.75, 3.05) is 61.8 Å². The van der Waals surface area contributed by atoms with Gasteiger partial charge in [0.1, 0.15) is 17.5 Å². The first kappa shape index (κ1) is 57.0. The predicted octanol–water partition coefficient (Wildman–Crippen LogP) is 2.78. The van der Waals surface area contributed by atoms with E-state index in [0.717, 1.165) is 16.9 Å². The van der Waals surface area contributed by atoms with Crippen molar-refractivity contribution in [3.05, 3.63) is 59.9 Å². The van der Waals surface area contributed by atoms with Crippen LogP contribution in [-0.4, -0.2) is 181 Å². The number of likely N-dealkylation sites (N-methyl/N-ethyl adjacent to an activating group) is 1. The maximum Gasteiger partial charge on any atom is 0.253 e. The van der Waals surface area contributed by atoms with Gasteiger partial charge in [-0.25, -0.2) is 13.4 Å². The maximum absolute atomic E-state index is 14.5. The number of aliphatic imine (C=N–C) groups is 1.